The predicted octanol–water partition coefficient (Wildman–Crippen LogP) is -1.08. The summed E-state index contributed by atoms with van der Waals surface area (Å²) in [5.74, 6) is 4.30. The number of carbonyl (C=O) groups is 1. The lowest BCUT2D eigenvalue weighted by Gasteiger charge is -2.13. The number of rotatable bonds is 4. The number of hydrogen-bond donors (Lipinski definition) is 4. The molecule has 0 aliphatic rings. The summed E-state index contributed by atoms with van der Waals surface area (Å²) in [6.07, 6.45) is 0. The summed E-state index contributed by atoms with van der Waals surface area (Å²) in [6, 6.07) is -0.797. The third-order valence-corrected chi connectivity index (χ3v) is 1.54. The van der Waals surface area contributed by atoms with Crippen LogP contribution < -0.4 is 17.0 Å². The SMILES string of the molecule is CC(C)C(N=C(CN)NN)C(=O)O. The Morgan fingerprint density at radius 3 is 2.38 bits per heavy atom. The van der Waals surface area contributed by atoms with Gasteiger partial charge in [-0.1, -0.05) is 13.8 Å². The highest BCUT2D eigenvalue weighted by molar-refractivity contribution is 5.86. The van der Waals surface area contributed by atoms with Crippen LogP contribution in [0.1, 0.15) is 13.8 Å². The molecule has 76 valence electrons. The number of nitrogens with two attached hydrogens (primary N) is 2. The van der Waals surface area contributed by atoms with Crippen LogP contribution in [0.4, 0.5) is 0 Å². The molecule has 1 unspecified atom stereocenters. The Morgan fingerprint density at radius 2 is 2.15 bits per heavy atom. The maximum Gasteiger partial charge on any atom is 0.328 e. The molecule has 6 heteroatoms. The van der Waals surface area contributed by atoms with Crippen molar-refractivity contribution in [2.24, 2.45) is 22.5 Å². The van der Waals surface area contributed by atoms with E-state index in [1.807, 2.05) is 0 Å². The molecule has 0 heterocycles. The number of carboxylic acid groups (broad SMARTS) is 1. The molecule has 0 aromatic rings. The van der Waals surface area contributed by atoms with Gasteiger partial charge in [0.1, 0.15) is 5.84 Å². The third-order valence-electron chi connectivity index (χ3n) is 1.54. The zero-order valence-corrected chi connectivity index (χ0v) is 7.82. The molecule has 0 radical (unpaired) electrons. The van der Waals surface area contributed by atoms with Gasteiger partial charge in [-0.2, -0.15) is 0 Å². The van der Waals surface area contributed by atoms with Gasteiger partial charge in [0.25, 0.3) is 0 Å². The van der Waals surface area contributed by atoms with E-state index in [0.29, 0.717) is 5.84 Å². The Morgan fingerprint density at radius 1 is 1.62 bits per heavy atom. The second-order valence-electron chi connectivity index (χ2n) is 2.95. The van der Waals surface area contributed by atoms with E-state index in [-0.39, 0.29) is 12.5 Å². The summed E-state index contributed by atoms with van der Waals surface area (Å²) in [6.45, 7) is 3.65. The first-order chi connectivity index (χ1) is 6.02. The second kappa shape index (κ2) is 5.50. The van der Waals surface area contributed by atoms with Gasteiger partial charge >= 0.3 is 5.97 Å². The molecule has 1 atom stereocenters. The first-order valence-electron chi connectivity index (χ1n) is 3.99. The molecule has 0 saturated heterocycles. The monoisotopic (exact) mass is 188 g/mol. The van der Waals surface area contributed by atoms with Crippen LogP contribution in [-0.4, -0.2) is 29.5 Å². The molecule has 0 rings (SSSR count). The molecule has 0 bridgehead atoms. The van der Waals surface area contributed by atoms with E-state index in [4.69, 9.17) is 16.7 Å². The fourth-order valence-electron chi connectivity index (χ4n) is 0.806. The average Bonchev–Trinajstić information content (AvgIpc) is 2.05. The number of aliphatic carboxylic acids is 1. The summed E-state index contributed by atoms with van der Waals surface area (Å²) in [4.78, 5) is 14.6. The largest absolute Gasteiger partial charge is 0.480 e. The third kappa shape index (κ3) is 3.86. The van der Waals surface area contributed by atoms with Crippen LogP contribution in [0.25, 0.3) is 0 Å². The summed E-state index contributed by atoms with van der Waals surface area (Å²) < 4.78 is 0. The molecule has 0 aliphatic carbocycles. The fourth-order valence-corrected chi connectivity index (χ4v) is 0.806. The maximum atomic E-state index is 10.7. The molecule has 13 heavy (non-hydrogen) atoms. The molecule has 0 amide bonds. The van der Waals surface area contributed by atoms with Gasteiger partial charge in [-0.15, -0.1) is 0 Å². The number of nitrogens with zero attached hydrogens (tertiary/aromatic N) is 1. The van der Waals surface area contributed by atoms with Crippen LogP contribution >= 0.6 is 0 Å². The Hall–Kier alpha value is -1.14. The zero-order chi connectivity index (χ0) is 10.4. The van der Waals surface area contributed by atoms with Crippen molar-refractivity contribution in [3.63, 3.8) is 0 Å². The number of aliphatic imine (C=N–C) groups is 1. The van der Waals surface area contributed by atoms with Gasteiger partial charge in [-0.05, 0) is 5.92 Å². The van der Waals surface area contributed by atoms with Gasteiger partial charge in [-0.25, -0.2) is 10.6 Å². The van der Waals surface area contributed by atoms with Crippen LogP contribution in [0.5, 0.6) is 0 Å². The lowest BCUT2D eigenvalue weighted by Crippen LogP contribution is -2.39. The van der Waals surface area contributed by atoms with Crippen molar-refractivity contribution >= 4 is 11.8 Å². The molecule has 6 N–H and O–H groups in total. The molecule has 0 aromatic heterocycles. The van der Waals surface area contributed by atoms with Crippen LogP contribution in [0.3, 0.4) is 0 Å². The van der Waals surface area contributed by atoms with Crippen LogP contribution in [-0.2, 0) is 4.79 Å². The van der Waals surface area contributed by atoms with E-state index in [9.17, 15) is 4.79 Å². The standard InChI is InChI=1S/C7H16N4O2/c1-4(2)6(7(12)13)10-5(3-8)11-9/h4,6H,3,8-9H2,1-2H3,(H,10,11)(H,12,13). The Labute approximate surface area is 77.0 Å². The number of hydrogen-bond acceptors (Lipinski definition) is 4. The van der Waals surface area contributed by atoms with Crippen molar-refractivity contribution in [3.8, 4) is 0 Å². The first-order valence-corrected chi connectivity index (χ1v) is 3.99. The summed E-state index contributed by atoms with van der Waals surface area (Å²) in [5, 5.41) is 8.77. The summed E-state index contributed by atoms with van der Waals surface area (Å²) in [5.41, 5.74) is 7.52. The van der Waals surface area contributed by atoms with Crippen molar-refractivity contribution in [1.82, 2.24) is 5.43 Å². The van der Waals surface area contributed by atoms with Gasteiger partial charge in [0, 0.05) is 0 Å². The summed E-state index contributed by atoms with van der Waals surface area (Å²) in [7, 11) is 0. The van der Waals surface area contributed by atoms with E-state index in [1.165, 1.54) is 0 Å². The Kier molecular flexibility index (Phi) is 5.01. The number of amidine groups is 1. The Balaban J connectivity index is 4.56. The molecule has 0 fully saturated rings. The lowest BCUT2D eigenvalue weighted by atomic mass is 10.1. The topological polar surface area (TPSA) is 114 Å². The minimum absolute atomic E-state index is 0.0904. The Bertz CT molecular complexity index is 197. The average molecular weight is 188 g/mol. The van der Waals surface area contributed by atoms with E-state index in [1.54, 1.807) is 13.8 Å². The molecular weight excluding hydrogens is 172 g/mol. The molecule has 0 saturated carbocycles. The molecule has 6 nitrogen and oxygen atoms in total. The van der Waals surface area contributed by atoms with Crippen molar-refractivity contribution in [1.29, 1.82) is 0 Å². The lowest BCUT2D eigenvalue weighted by molar-refractivity contribution is -0.139. The van der Waals surface area contributed by atoms with E-state index < -0.39 is 12.0 Å². The van der Waals surface area contributed by atoms with E-state index in [2.05, 4.69) is 10.4 Å². The first kappa shape index (κ1) is 11.9. The molecule has 0 aromatic carbocycles. The highest BCUT2D eigenvalue weighted by atomic mass is 16.4. The van der Waals surface area contributed by atoms with Crippen LogP contribution in [0.2, 0.25) is 0 Å². The van der Waals surface area contributed by atoms with Crippen molar-refractivity contribution in [3.05, 3.63) is 0 Å². The second-order valence-corrected chi connectivity index (χ2v) is 2.95. The highest BCUT2D eigenvalue weighted by Gasteiger charge is 2.20. The highest BCUT2D eigenvalue weighted by Crippen LogP contribution is 2.06. The zero-order valence-electron chi connectivity index (χ0n) is 7.82. The van der Waals surface area contributed by atoms with Gasteiger partial charge in [0.2, 0.25) is 0 Å². The van der Waals surface area contributed by atoms with Gasteiger partial charge in [0.05, 0.1) is 6.54 Å². The summed E-state index contributed by atoms with van der Waals surface area (Å²) >= 11 is 0. The molecule has 0 spiro atoms. The smallest absolute Gasteiger partial charge is 0.328 e. The minimum atomic E-state index is -0.976. The number of nitrogens with one attached hydrogen (secondary N) is 1. The van der Waals surface area contributed by atoms with Crippen molar-refractivity contribution < 1.29 is 9.90 Å². The van der Waals surface area contributed by atoms with Crippen molar-refractivity contribution in [2.75, 3.05) is 6.54 Å². The van der Waals surface area contributed by atoms with Crippen molar-refractivity contribution in [2.45, 2.75) is 19.9 Å². The minimum Gasteiger partial charge on any atom is -0.480 e. The van der Waals surface area contributed by atoms with E-state index >= 15 is 0 Å². The molecule has 0 aliphatic heterocycles. The quantitative estimate of drug-likeness (QED) is 0.194. The fraction of sp³-hybridized carbons (Fsp3) is 0.714. The normalized spacial score (nSPS) is 14.4. The molecular formula is C7H16N4O2. The van der Waals surface area contributed by atoms with Gasteiger partial charge < -0.3 is 16.3 Å². The predicted molar refractivity (Wildman–Crippen MR) is 50.1 cm³/mol. The maximum absolute atomic E-state index is 10.7. The number of hydrazine groups is 1. The van der Waals surface area contributed by atoms with Gasteiger partial charge in [0.15, 0.2) is 6.04 Å². The van der Waals surface area contributed by atoms with E-state index in [0.717, 1.165) is 0 Å². The van der Waals surface area contributed by atoms with Gasteiger partial charge in [-0.3, -0.25) is 4.99 Å². The van der Waals surface area contributed by atoms with Crippen LogP contribution in [0.15, 0.2) is 4.99 Å². The number of carboxylic acids is 1. The van der Waals surface area contributed by atoms with Crippen LogP contribution in [0, 0.1) is 5.92 Å².